The van der Waals surface area contributed by atoms with E-state index in [2.05, 4.69) is 16.4 Å². The average molecular weight is 369 g/mol. The molecule has 0 aliphatic heterocycles. The lowest BCUT2D eigenvalue weighted by Gasteiger charge is -2.15. The molecule has 1 atom stereocenters. The molecule has 6 heteroatoms. The summed E-state index contributed by atoms with van der Waals surface area (Å²) in [5, 5.41) is 12.4. The predicted octanol–water partition coefficient (Wildman–Crippen LogP) is 4.59. The Morgan fingerprint density at radius 1 is 1.27 bits per heavy atom. The third-order valence-corrected chi connectivity index (χ3v) is 4.80. The largest absolute Gasteiger partial charge is 0.492 e. The van der Waals surface area contributed by atoms with E-state index < -0.39 is 5.25 Å². The van der Waals surface area contributed by atoms with E-state index >= 15 is 0 Å². The fourth-order valence-corrected chi connectivity index (χ4v) is 3.16. The topological polar surface area (TPSA) is 75.0 Å². The van der Waals surface area contributed by atoms with Crippen LogP contribution in [0.3, 0.4) is 0 Å². The van der Waals surface area contributed by atoms with E-state index in [4.69, 9.17) is 4.74 Å². The molecule has 5 nitrogen and oxygen atoms in total. The molecular formula is C20H23N3O2S. The normalized spacial score (nSPS) is 11.7. The fourth-order valence-electron chi connectivity index (χ4n) is 2.26. The van der Waals surface area contributed by atoms with Gasteiger partial charge in [-0.25, -0.2) is 4.98 Å². The van der Waals surface area contributed by atoms with E-state index in [0.717, 1.165) is 5.69 Å². The second kappa shape index (κ2) is 9.25. The molecule has 0 bridgehead atoms. The van der Waals surface area contributed by atoms with E-state index in [9.17, 15) is 10.1 Å². The van der Waals surface area contributed by atoms with Crippen molar-refractivity contribution in [2.24, 2.45) is 0 Å². The summed E-state index contributed by atoms with van der Waals surface area (Å²) in [4.78, 5) is 17.1. The number of hydrogen-bond acceptors (Lipinski definition) is 5. The van der Waals surface area contributed by atoms with Crippen molar-refractivity contribution in [3.05, 3.63) is 47.7 Å². The summed E-state index contributed by atoms with van der Waals surface area (Å²) in [5.41, 5.74) is 2.02. The quantitative estimate of drug-likeness (QED) is 0.722. The van der Waals surface area contributed by atoms with Crippen LogP contribution in [0.2, 0.25) is 0 Å². The molecule has 2 aromatic rings. The standard InChI is InChI=1S/C20H23N3O2S/c1-5-25-18-9-7-6-8-17(18)22-19(24)14(4)26-20-15(12-21)10-11-16(23-20)13(2)3/h6-11,13-14H,5H2,1-4H3,(H,22,24). The first-order valence-corrected chi connectivity index (χ1v) is 9.44. The van der Waals surface area contributed by atoms with Crippen molar-refractivity contribution in [2.75, 3.05) is 11.9 Å². The molecule has 0 fully saturated rings. The lowest BCUT2D eigenvalue weighted by Crippen LogP contribution is -2.23. The van der Waals surface area contributed by atoms with Crippen LogP contribution in [-0.2, 0) is 4.79 Å². The SMILES string of the molecule is CCOc1ccccc1NC(=O)C(C)Sc1nc(C(C)C)ccc1C#N. The number of hydrogen-bond donors (Lipinski definition) is 1. The van der Waals surface area contributed by atoms with Gasteiger partial charge in [0.25, 0.3) is 0 Å². The second-order valence-corrected chi connectivity index (χ2v) is 7.36. The molecule has 1 N–H and O–H groups in total. The van der Waals surface area contributed by atoms with Gasteiger partial charge in [-0.3, -0.25) is 4.79 Å². The van der Waals surface area contributed by atoms with Crippen LogP contribution in [0.15, 0.2) is 41.4 Å². The van der Waals surface area contributed by atoms with Gasteiger partial charge >= 0.3 is 0 Å². The van der Waals surface area contributed by atoms with Crippen LogP contribution in [0, 0.1) is 11.3 Å². The van der Waals surface area contributed by atoms with Crippen molar-refractivity contribution >= 4 is 23.4 Å². The lowest BCUT2D eigenvalue weighted by molar-refractivity contribution is -0.115. The van der Waals surface area contributed by atoms with Crippen LogP contribution >= 0.6 is 11.8 Å². The summed E-state index contributed by atoms with van der Waals surface area (Å²) in [6.45, 7) is 8.31. The first-order chi connectivity index (χ1) is 12.5. The molecule has 1 heterocycles. The van der Waals surface area contributed by atoms with Crippen LogP contribution in [0.1, 0.15) is 44.9 Å². The van der Waals surface area contributed by atoms with Crippen LogP contribution in [0.5, 0.6) is 5.75 Å². The van der Waals surface area contributed by atoms with Crippen molar-refractivity contribution in [3.8, 4) is 11.8 Å². The Hall–Kier alpha value is -2.52. The molecule has 1 amide bonds. The maximum absolute atomic E-state index is 12.6. The van der Waals surface area contributed by atoms with Gasteiger partial charge in [-0.1, -0.05) is 37.7 Å². The molecule has 26 heavy (non-hydrogen) atoms. The molecule has 1 aromatic heterocycles. The predicted molar refractivity (Wildman–Crippen MR) is 105 cm³/mol. The van der Waals surface area contributed by atoms with Crippen molar-refractivity contribution < 1.29 is 9.53 Å². The van der Waals surface area contributed by atoms with Crippen molar-refractivity contribution in [1.29, 1.82) is 5.26 Å². The lowest BCUT2D eigenvalue weighted by atomic mass is 10.1. The molecule has 1 unspecified atom stereocenters. The number of para-hydroxylation sites is 2. The minimum atomic E-state index is -0.410. The minimum absolute atomic E-state index is 0.164. The zero-order chi connectivity index (χ0) is 19.1. The second-order valence-electron chi connectivity index (χ2n) is 6.03. The van der Waals surface area contributed by atoms with Crippen molar-refractivity contribution in [1.82, 2.24) is 4.98 Å². The van der Waals surface area contributed by atoms with Gasteiger partial charge in [0.05, 0.1) is 23.1 Å². The Balaban J connectivity index is 2.15. The third-order valence-electron chi connectivity index (χ3n) is 3.70. The Bertz CT molecular complexity index is 815. The van der Waals surface area contributed by atoms with Crippen molar-refractivity contribution in [3.63, 3.8) is 0 Å². The number of thioether (sulfide) groups is 1. The Morgan fingerprint density at radius 2 is 2.00 bits per heavy atom. The molecule has 2 rings (SSSR count). The van der Waals surface area contributed by atoms with Gasteiger partial charge in [-0.2, -0.15) is 5.26 Å². The molecule has 0 saturated heterocycles. The number of nitriles is 1. The highest BCUT2D eigenvalue weighted by atomic mass is 32.2. The van der Waals surface area contributed by atoms with Gasteiger partial charge in [-0.05, 0) is 44.0 Å². The number of pyridine rings is 1. The number of amides is 1. The summed E-state index contributed by atoms with van der Waals surface area (Å²) < 4.78 is 5.54. The Labute approximate surface area is 158 Å². The maximum Gasteiger partial charge on any atom is 0.237 e. The number of ether oxygens (including phenoxy) is 1. The monoisotopic (exact) mass is 369 g/mol. The number of nitrogens with zero attached hydrogens (tertiary/aromatic N) is 2. The number of carbonyl (C=O) groups is 1. The summed E-state index contributed by atoms with van der Waals surface area (Å²) in [6, 6.07) is 13.1. The number of aromatic nitrogens is 1. The van der Waals surface area contributed by atoms with Gasteiger partial charge in [0.15, 0.2) is 0 Å². The number of benzene rings is 1. The summed E-state index contributed by atoms with van der Waals surface area (Å²) in [6.07, 6.45) is 0. The molecule has 136 valence electrons. The molecule has 1 aromatic carbocycles. The van der Waals surface area contributed by atoms with Gasteiger partial charge in [0.2, 0.25) is 5.91 Å². The maximum atomic E-state index is 12.6. The van der Waals surface area contributed by atoms with Crippen LogP contribution in [0.4, 0.5) is 5.69 Å². The number of carbonyl (C=O) groups excluding carboxylic acids is 1. The van der Waals surface area contributed by atoms with E-state index in [-0.39, 0.29) is 11.8 Å². The van der Waals surface area contributed by atoms with Gasteiger partial charge in [-0.15, -0.1) is 0 Å². The third kappa shape index (κ3) is 4.99. The first-order valence-electron chi connectivity index (χ1n) is 8.56. The minimum Gasteiger partial charge on any atom is -0.492 e. The highest BCUT2D eigenvalue weighted by Gasteiger charge is 2.19. The number of anilines is 1. The van der Waals surface area contributed by atoms with Gasteiger partial charge < -0.3 is 10.1 Å². The highest BCUT2D eigenvalue weighted by Crippen LogP contribution is 2.29. The van der Waals surface area contributed by atoms with Crippen LogP contribution in [-0.4, -0.2) is 22.7 Å². The summed E-state index contributed by atoms with van der Waals surface area (Å²) in [5.74, 6) is 0.727. The molecular weight excluding hydrogens is 346 g/mol. The average Bonchev–Trinajstić information content (AvgIpc) is 2.63. The smallest absolute Gasteiger partial charge is 0.237 e. The van der Waals surface area contributed by atoms with E-state index in [0.29, 0.717) is 28.6 Å². The summed E-state index contributed by atoms with van der Waals surface area (Å²) >= 11 is 1.29. The zero-order valence-electron chi connectivity index (χ0n) is 15.4. The van der Waals surface area contributed by atoms with E-state index in [1.165, 1.54) is 11.8 Å². The first kappa shape index (κ1) is 19.8. The Kier molecular flexibility index (Phi) is 7.05. The van der Waals surface area contributed by atoms with Crippen molar-refractivity contribution in [2.45, 2.75) is 43.9 Å². The molecule has 0 spiro atoms. The van der Waals surface area contributed by atoms with Crippen LogP contribution in [0.25, 0.3) is 0 Å². The van der Waals surface area contributed by atoms with Gasteiger partial charge in [0.1, 0.15) is 16.8 Å². The number of rotatable bonds is 7. The van der Waals surface area contributed by atoms with Gasteiger partial charge in [0, 0.05) is 5.69 Å². The van der Waals surface area contributed by atoms with E-state index in [1.54, 1.807) is 19.1 Å². The Morgan fingerprint density at radius 3 is 2.65 bits per heavy atom. The highest BCUT2D eigenvalue weighted by molar-refractivity contribution is 8.00. The fraction of sp³-hybridized carbons (Fsp3) is 0.350. The molecule has 0 aliphatic carbocycles. The molecule has 0 radical (unpaired) electrons. The van der Waals surface area contributed by atoms with Crippen LogP contribution < -0.4 is 10.1 Å². The molecule has 0 saturated carbocycles. The van der Waals surface area contributed by atoms with E-state index in [1.807, 2.05) is 45.0 Å². The number of nitrogens with one attached hydrogen (secondary N) is 1. The summed E-state index contributed by atoms with van der Waals surface area (Å²) in [7, 11) is 0. The zero-order valence-corrected chi connectivity index (χ0v) is 16.3. The molecule has 0 aliphatic rings.